The largest absolute Gasteiger partial charge is 0.259 e. The minimum atomic E-state index is 0.426. The number of nitrogens with zero attached hydrogens (tertiary/aromatic N) is 6. The third kappa shape index (κ3) is 3.77. The lowest BCUT2D eigenvalue weighted by molar-refractivity contribution is 0.979. The van der Waals surface area contributed by atoms with Crippen LogP contribution in [-0.2, 0) is 12.8 Å². The molecular formula is C23H17B3N6S2. The maximum atomic E-state index is 5.54. The Morgan fingerprint density at radius 3 is 2.47 bits per heavy atom. The number of rotatable bonds is 7. The number of hydrogen-bond donors (Lipinski definition) is 0. The van der Waals surface area contributed by atoms with E-state index in [1.54, 1.807) is 29.7 Å². The zero-order chi connectivity index (χ0) is 23.1. The monoisotopic (exact) mass is 474 g/mol. The first kappa shape index (κ1) is 21.6. The molecule has 0 atom stereocenters. The molecule has 0 spiro atoms. The van der Waals surface area contributed by atoms with Gasteiger partial charge in [0.1, 0.15) is 36.9 Å². The van der Waals surface area contributed by atoms with Crippen molar-refractivity contribution in [2.45, 2.75) is 19.8 Å². The molecule has 2 aliphatic heterocycles. The second-order valence-electron chi connectivity index (χ2n) is 7.92. The van der Waals surface area contributed by atoms with Crippen molar-refractivity contribution in [3.05, 3.63) is 74.2 Å². The van der Waals surface area contributed by atoms with Gasteiger partial charge in [0.15, 0.2) is 0 Å². The summed E-state index contributed by atoms with van der Waals surface area (Å²) in [4.78, 5) is 31.9. The highest BCUT2D eigenvalue weighted by Gasteiger charge is 2.17. The summed E-state index contributed by atoms with van der Waals surface area (Å²) in [5, 5.41) is 3.57. The molecule has 6 nitrogen and oxygen atoms in total. The van der Waals surface area contributed by atoms with Gasteiger partial charge >= 0.3 is 0 Å². The Morgan fingerprint density at radius 1 is 0.853 bits per heavy atom. The quantitative estimate of drug-likeness (QED) is 0.367. The molecule has 0 fully saturated rings. The number of fused-ring (bicyclic) bond motifs is 2. The topological polar surface area (TPSA) is 75.2 Å². The van der Waals surface area contributed by atoms with Gasteiger partial charge in [-0.3, -0.25) is 29.9 Å². The third-order valence-electron chi connectivity index (χ3n) is 5.87. The summed E-state index contributed by atoms with van der Waals surface area (Å²) < 4.78 is 1.09. The van der Waals surface area contributed by atoms with Crippen molar-refractivity contribution in [2.75, 3.05) is 13.3 Å². The lowest BCUT2D eigenvalue weighted by Gasteiger charge is -2.05. The van der Waals surface area contributed by atoms with Crippen LogP contribution in [0.1, 0.15) is 23.1 Å². The molecule has 4 aromatic heterocycles. The lowest BCUT2D eigenvalue weighted by Crippen LogP contribution is -2.33. The van der Waals surface area contributed by atoms with Crippen molar-refractivity contribution in [3.63, 3.8) is 0 Å². The van der Waals surface area contributed by atoms with Crippen LogP contribution < -0.4 is 26.2 Å². The van der Waals surface area contributed by atoms with E-state index in [2.05, 4.69) is 45.1 Å². The maximum Gasteiger partial charge on any atom is 0.131 e. The summed E-state index contributed by atoms with van der Waals surface area (Å²) in [7, 11) is 8.99. The zero-order valence-electron chi connectivity index (χ0n) is 18.5. The van der Waals surface area contributed by atoms with E-state index in [1.165, 1.54) is 4.88 Å². The van der Waals surface area contributed by atoms with Crippen LogP contribution in [0.5, 0.6) is 0 Å². The number of aryl methyl sites for hydroxylation is 1. The molecule has 0 bridgehead atoms. The molecule has 0 N–H and O–H groups in total. The Balaban J connectivity index is 1.38. The molecule has 2 aliphatic rings. The Labute approximate surface area is 207 Å². The van der Waals surface area contributed by atoms with Crippen LogP contribution in [0.15, 0.2) is 56.6 Å². The normalized spacial score (nSPS) is 13.3. The summed E-state index contributed by atoms with van der Waals surface area (Å²) in [5.74, 6) is 0. The molecule has 4 aromatic rings. The van der Waals surface area contributed by atoms with Crippen LogP contribution in [-0.4, -0.2) is 45.3 Å². The standard InChI is InChI=1S/C23H17B3N6S2/c1-2-13-3-4-17(33-13)22-23-19(29-10-32-23)12(8-28-22)7-15-21-20(30-11-31-21)14(9-27-15)16-5-6-18(34-16)25-26-24/h3-6,8-9H,2,7,10-11H2,1H3. The summed E-state index contributed by atoms with van der Waals surface area (Å²) in [5.41, 5.74) is 3.83. The number of hydrogen-bond acceptors (Lipinski definition) is 8. The first-order valence-corrected chi connectivity index (χ1v) is 12.7. The smallest absolute Gasteiger partial charge is 0.131 e. The Hall–Kier alpha value is -2.91. The van der Waals surface area contributed by atoms with E-state index >= 15 is 0 Å². The van der Waals surface area contributed by atoms with Crippen LogP contribution in [0.2, 0.25) is 0 Å². The van der Waals surface area contributed by atoms with E-state index in [0.717, 1.165) is 64.9 Å². The van der Waals surface area contributed by atoms with Crippen molar-refractivity contribution < 1.29 is 0 Å². The third-order valence-corrected chi connectivity index (χ3v) is 8.19. The second kappa shape index (κ2) is 9.04. The van der Waals surface area contributed by atoms with Crippen LogP contribution in [0.4, 0.5) is 0 Å². The average molecular weight is 474 g/mol. The second-order valence-corrected chi connectivity index (χ2v) is 10.2. The van der Waals surface area contributed by atoms with Crippen molar-refractivity contribution in [1.82, 2.24) is 9.97 Å². The number of aromatic nitrogens is 2. The summed E-state index contributed by atoms with van der Waals surface area (Å²) in [6.07, 6.45) is 5.43. The predicted octanol–water partition coefficient (Wildman–Crippen LogP) is 0.540. The molecule has 34 heavy (non-hydrogen) atoms. The van der Waals surface area contributed by atoms with Gasteiger partial charge in [0.25, 0.3) is 0 Å². The zero-order valence-corrected chi connectivity index (χ0v) is 20.2. The first-order chi connectivity index (χ1) is 16.7. The van der Waals surface area contributed by atoms with Crippen LogP contribution in [0, 0.1) is 0 Å². The van der Waals surface area contributed by atoms with Gasteiger partial charge in [-0.15, -0.1) is 11.3 Å². The maximum absolute atomic E-state index is 5.54. The number of pyridine rings is 2. The predicted molar refractivity (Wildman–Crippen MR) is 139 cm³/mol. The van der Waals surface area contributed by atoms with Gasteiger partial charge in [-0.25, -0.2) is 0 Å². The molecule has 11 heteroatoms. The van der Waals surface area contributed by atoms with Crippen LogP contribution in [0.25, 0.3) is 21.0 Å². The van der Waals surface area contributed by atoms with Gasteiger partial charge in [0, 0.05) is 54.5 Å². The molecule has 0 aliphatic carbocycles. The van der Waals surface area contributed by atoms with Crippen molar-refractivity contribution in [3.8, 4) is 21.0 Å². The van der Waals surface area contributed by atoms with E-state index < -0.39 is 0 Å². The summed E-state index contributed by atoms with van der Waals surface area (Å²) in [6, 6.07) is 8.42. The number of thiophene rings is 2. The first-order valence-electron chi connectivity index (χ1n) is 11.1. The van der Waals surface area contributed by atoms with Gasteiger partial charge in [0.2, 0.25) is 0 Å². The molecule has 0 saturated heterocycles. The van der Waals surface area contributed by atoms with Crippen molar-refractivity contribution in [2.24, 2.45) is 20.0 Å². The molecule has 0 saturated carbocycles. The van der Waals surface area contributed by atoms with E-state index in [4.69, 9.17) is 17.7 Å². The average Bonchev–Trinajstić information content (AvgIpc) is 3.66. The molecule has 0 amide bonds. The molecule has 0 unspecified atom stereocenters. The Kier molecular flexibility index (Phi) is 5.75. The molecular weight excluding hydrogens is 457 g/mol. The summed E-state index contributed by atoms with van der Waals surface area (Å²) in [6.45, 7) is 3.03. The Bertz CT molecular complexity index is 1660. The van der Waals surface area contributed by atoms with E-state index in [1.807, 2.05) is 25.6 Å². The van der Waals surface area contributed by atoms with E-state index in [0.29, 0.717) is 19.8 Å². The van der Waals surface area contributed by atoms with E-state index in [-0.39, 0.29) is 0 Å². The summed E-state index contributed by atoms with van der Waals surface area (Å²) >= 11 is 3.43. The van der Waals surface area contributed by atoms with Gasteiger partial charge in [-0.1, -0.05) is 13.0 Å². The fourth-order valence-corrected chi connectivity index (χ4v) is 6.12. The molecule has 6 rings (SSSR count). The highest BCUT2D eigenvalue weighted by Crippen LogP contribution is 2.25. The van der Waals surface area contributed by atoms with Crippen LogP contribution in [0.3, 0.4) is 0 Å². The molecule has 0 aromatic carbocycles. The van der Waals surface area contributed by atoms with E-state index in [9.17, 15) is 0 Å². The minimum absolute atomic E-state index is 0.426. The minimum Gasteiger partial charge on any atom is -0.259 e. The Morgan fingerprint density at radius 2 is 1.65 bits per heavy atom. The highest BCUT2D eigenvalue weighted by atomic mass is 32.1. The van der Waals surface area contributed by atoms with Crippen molar-refractivity contribution >= 4 is 49.4 Å². The fraction of sp³-hybridized carbons (Fsp3) is 0.217. The van der Waals surface area contributed by atoms with Gasteiger partial charge in [-0.05, 0) is 29.4 Å². The SMILES string of the molecule is [B][B][B]c1ccc(-c2cnc(Cc3cnc(-c4ccc(CC)s4)c4c3=NCN=4)c3c2=NCN=3)s1. The highest BCUT2D eigenvalue weighted by molar-refractivity contribution is 7.37. The van der Waals surface area contributed by atoms with Gasteiger partial charge in [0.05, 0.1) is 21.3 Å². The van der Waals surface area contributed by atoms with Crippen molar-refractivity contribution in [1.29, 1.82) is 0 Å². The molecule has 160 valence electrons. The lowest BCUT2D eigenvalue weighted by atomic mass is 9.28. The van der Waals surface area contributed by atoms with Crippen LogP contribution >= 0.6 is 22.7 Å². The molecule has 4 radical (unpaired) electrons. The van der Waals surface area contributed by atoms with Gasteiger partial charge in [-0.2, -0.15) is 11.3 Å². The fourth-order valence-electron chi connectivity index (χ4n) is 4.24. The molecule has 6 heterocycles. The van der Waals surface area contributed by atoms with Gasteiger partial charge < -0.3 is 0 Å².